The first kappa shape index (κ1) is 25.7. The van der Waals surface area contributed by atoms with Crippen LogP contribution in [0.1, 0.15) is 56.8 Å². The van der Waals surface area contributed by atoms with Gasteiger partial charge in [-0.2, -0.15) is 4.98 Å². The Morgan fingerprint density at radius 2 is 1.94 bits per heavy atom. The van der Waals surface area contributed by atoms with Gasteiger partial charge >= 0.3 is 5.97 Å². The zero-order valence-electron chi connectivity index (χ0n) is 20.7. The number of likely N-dealkylation sites (tertiary alicyclic amines) is 1. The summed E-state index contributed by atoms with van der Waals surface area (Å²) in [5.41, 5.74) is 1.92. The second-order valence-corrected chi connectivity index (χ2v) is 9.22. The third-order valence-electron chi connectivity index (χ3n) is 6.39. The maximum absolute atomic E-state index is 13.7. The van der Waals surface area contributed by atoms with Gasteiger partial charge < -0.3 is 10.1 Å². The number of halogens is 2. The van der Waals surface area contributed by atoms with E-state index in [1.54, 1.807) is 31.0 Å². The normalized spacial score (nSPS) is 17.5. The summed E-state index contributed by atoms with van der Waals surface area (Å²) in [5, 5.41) is 3.86. The molecule has 10 heteroatoms. The van der Waals surface area contributed by atoms with Crippen LogP contribution in [0.5, 0.6) is 0 Å². The van der Waals surface area contributed by atoms with Crippen LogP contribution < -0.4 is 10.9 Å². The number of hydrogen-bond acceptors (Lipinski definition) is 7. The van der Waals surface area contributed by atoms with E-state index in [0.29, 0.717) is 36.5 Å². The largest absolute Gasteiger partial charge is 0.464 e. The highest BCUT2D eigenvalue weighted by Gasteiger charge is 2.34. The zero-order valence-corrected chi connectivity index (χ0v) is 20.7. The Hall–Kier alpha value is -3.40. The Kier molecular flexibility index (Phi) is 7.63. The van der Waals surface area contributed by atoms with Crippen LogP contribution in [0.4, 0.5) is 14.7 Å². The standard InChI is InChI=1S/C26H31F2N5O3/c1-4-36-24(35)18(3)33-22(34)11-10-21-14-29-25(31-23(21)33)30-17(2)20-8-6-19(7-9-20)15-32-13-5-12-26(27,28)16-32/h6-11,14,17-18H,4-5,12-13,15-16H2,1-3H3,(H,29,30,31). The fraction of sp³-hybridized carbons (Fsp3) is 0.462. The topological polar surface area (TPSA) is 89.3 Å². The summed E-state index contributed by atoms with van der Waals surface area (Å²) < 4.78 is 33.8. The molecule has 1 N–H and O–H groups in total. The molecule has 8 nitrogen and oxygen atoms in total. The molecule has 0 saturated carbocycles. The third kappa shape index (κ3) is 5.87. The van der Waals surface area contributed by atoms with Crippen molar-refractivity contribution in [3.8, 4) is 0 Å². The minimum Gasteiger partial charge on any atom is -0.464 e. The van der Waals surface area contributed by atoms with Crippen LogP contribution in [0.15, 0.2) is 47.4 Å². The predicted octanol–water partition coefficient (Wildman–Crippen LogP) is 4.32. The van der Waals surface area contributed by atoms with E-state index < -0.39 is 17.9 Å². The summed E-state index contributed by atoms with van der Waals surface area (Å²) in [4.78, 5) is 35.6. The van der Waals surface area contributed by atoms with E-state index in [-0.39, 0.29) is 31.2 Å². The molecular weight excluding hydrogens is 468 g/mol. The second kappa shape index (κ2) is 10.7. The molecule has 3 aromatic rings. The molecule has 192 valence electrons. The van der Waals surface area contributed by atoms with Crippen molar-refractivity contribution in [2.24, 2.45) is 0 Å². The van der Waals surface area contributed by atoms with Crippen molar-refractivity contribution in [1.82, 2.24) is 19.4 Å². The van der Waals surface area contributed by atoms with Gasteiger partial charge in [-0.05, 0) is 50.9 Å². The highest BCUT2D eigenvalue weighted by Crippen LogP contribution is 2.28. The molecule has 0 bridgehead atoms. The predicted molar refractivity (Wildman–Crippen MR) is 133 cm³/mol. The van der Waals surface area contributed by atoms with Crippen LogP contribution in [-0.2, 0) is 16.1 Å². The number of nitrogens with zero attached hydrogens (tertiary/aromatic N) is 4. The van der Waals surface area contributed by atoms with E-state index in [1.807, 2.05) is 31.2 Å². The summed E-state index contributed by atoms with van der Waals surface area (Å²) in [5.74, 6) is -2.82. The van der Waals surface area contributed by atoms with Crippen LogP contribution in [-0.4, -0.2) is 51.0 Å². The molecule has 3 heterocycles. The van der Waals surface area contributed by atoms with E-state index in [1.165, 1.54) is 10.6 Å². The van der Waals surface area contributed by atoms with E-state index in [9.17, 15) is 18.4 Å². The lowest BCUT2D eigenvalue weighted by Gasteiger charge is -2.32. The molecule has 2 unspecified atom stereocenters. The molecule has 2 atom stereocenters. The molecule has 4 rings (SSSR count). The summed E-state index contributed by atoms with van der Waals surface area (Å²) >= 11 is 0. The van der Waals surface area contributed by atoms with E-state index in [4.69, 9.17) is 4.74 Å². The number of aromatic nitrogens is 3. The molecule has 2 aromatic heterocycles. The number of benzene rings is 1. The summed E-state index contributed by atoms with van der Waals surface area (Å²) in [6.45, 7) is 6.43. The maximum atomic E-state index is 13.7. The Balaban J connectivity index is 1.49. The first-order valence-corrected chi connectivity index (χ1v) is 12.2. The summed E-state index contributed by atoms with van der Waals surface area (Å²) in [7, 11) is 0. The number of piperidine rings is 1. The number of hydrogen-bond donors (Lipinski definition) is 1. The van der Waals surface area contributed by atoms with Gasteiger partial charge in [-0.15, -0.1) is 0 Å². The number of esters is 1. The van der Waals surface area contributed by atoms with Crippen molar-refractivity contribution < 1.29 is 18.3 Å². The van der Waals surface area contributed by atoms with Gasteiger partial charge in [0.1, 0.15) is 11.7 Å². The molecule has 0 amide bonds. The lowest BCUT2D eigenvalue weighted by atomic mass is 10.0. The average molecular weight is 500 g/mol. The van der Waals surface area contributed by atoms with Crippen LogP contribution in [0.25, 0.3) is 11.0 Å². The van der Waals surface area contributed by atoms with E-state index in [2.05, 4.69) is 15.3 Å². The molecule has 1 aliphatic heterocycles. The SMILES string of the molecule is CCOC(=O)C(C)n1c(=O)ccc2cnc(NC(C)c3ccc(CN4CCCC(F)(F)C4)cc3)nc21. The molecule has 0 aliphatic carbocycles. The van der Waals surface area contributed by atoms with Gasteiger partial charge in [-0.25, -0.2) is 18.6 Å². The highest BCUT2D eigenvalue weighted by atomic mass is 19.3. The Morgan fingerprint density at radius 3 is 2.64 bits per heavy atom. The second-order valence-electron chi connectivity index (χ2n) is 9.22. The minimum absolute atomic E-state index is 0.0413. The van der Waals surface area contributed by atoms with Crippen LogP contribution >= 0.6 is 0 Å². The molecule has 1 aliphatic rings. The number of rotatable bonds is 8. The van der Waals surface area contributed by atoms with Crippen LogP contribution in [0, 0.1) is 0 Å². The number of anilines is 1. The maximum Gasteiger partial charge on any atom is 0.329 e. The number of pyridine rings is 1. The number of alkyl halides is 2. The van der Waals surface area contributed by atoms with Crippen LogP contribution in [0.3, 0.4) is 0 Å². The first-order valence-electron chi connectivity index (χ1n) is 12.2. The van der Waals surface area contributed by atoms with Gasteiger partial charge in [0.15, 0.2) is 0 Å². The zero-order chi connectivity index (χ0) is 25.9. The first-order chi connectivity index (χ1) is 17.2. The lowest BCUT2D eigenvalue weighted by molar-refractivity contribution is -0.146. The van der Waals surface area contributed by atoms with Gasteiger partial charge in [-0.3, -0.25) is 14.3 Å². The molecule has 1 aromatic carbocycles. The monoisotopic (exact) mass is 499 g/mol. The van der Waals surface area contributed by atoms with Crippen LogP contribution in [0.2, 0.25) is 0 Å². The number of nitrogens with one attached hydrogen (secondary N) is 1. The van der Waals surface area contributed by atoms with Gasteiger partial charge in [0.05, 0.1) is 19.2 Å². The Morgan fingerprint density at radius 1 is 1.19 bits per heavy atom. The molecule has 1 fully saturated rings. The molecule has 0 spiro atoms. The summed E-state index contributed by atoms with van der Waals surface area (Å²) in [6, 6.07) is 9.79. The van der Waals surface area contributed by atoms with Gasteiger partial charge in [-0.1, -0.05) is 24.3 Å². The van der Waals surface area contributed by atoms with Crippen molar-refractivity contribution in [3.63, 3.8) is 0 Å². The highest BCUT2D eigenvalue weighted by molar-refractivity contribution is 5.79. The van der Waals surface area contributed by atoms with Crippen molar-refractivity contribution in [1.29, 1.82) is 0 Å². The number of carbonyl (C=O) groups is 1. The molecule has 0 radical (unpaired) electrons. The Labute approximate surface area is 208 Å². The van der Waals surface area contributed by atoms with Gasteiger partial charge in [0, 0.05) is 30.6 Å². The van der Waals surface area contributed by atoms with Crippen molar-refractivity contribution in [2.75, 3.05) is 25.0 Å². The summed E-state index contributed by atoms with van der Waals surface area (Å²) in [6.07, 6.45) is 2.06. The molecule has 1 saturated heterocycles. The molecular formula is C26H31F2N5O3. The van der Waals surface area contributed by atoms with Crippen molar-refractivity contribution in [3.05, 3.63) is 64.1 Å². The fourth-order valence-corrected chi connectivity index (χ4v) is 4.48. The lowest BCUT2D eigenvalue weighted by Crippen LogP contribution is -2.41. The number of ether oxygens (including phenoxy) is 1. The smallest absolute Gasteiger partial charge is 0.329 e. The average Bonchev–Trinajstić information content (AvgIpc) is 2.83. The van der Waals surface area contributed by atoms with E-state index >= 15 is 0 Å². The fourth-order valence-electron chi connectivity index (χ4n) is 4.48. The van der Waals surface area contributed by atoms with Gasteiger partial charge in [0.2, 0.25) is 5.95 Å². The Bertz CT molecular complexity index is 1280. The number of fused-ring (bicyclic) bond motifs is 1. The van der Waals surface area contributed by atoms with Gasteiger partial charge in [0.25, 0.3) is 11.5 Å². The van der Waals surface area contributed by atoms with Crippen molar-refractivity contribution >= 4 is 23.0 Å². The quantitative estimate of drug-likeness (QED) is 0.462. The van der Waals surface area contributed by atoms with E-state index in [0.717, 1.165) is 11.1 Å². The third-order valence-corrected chi connectivity index (χ3v) is 6.39. The minimum atomic E-state index is -2.62. The molecule has 36 heavy (non-hydrogen) atoms. The van der Waals surface area contributed by atoms with Crippen molar-refractivity contribution in [2.45, 2.75) is 58.2 Å². The number of carbonyl (C=O) groups excluding carboxylic acids is 1.